The van der Waals surface area contributed by atoms with E-state index in [0.29, 0.717) is 17.4 Å². The van der Waals surface area contributed by atoms with E-state index in [4.69, 9.17) is 10.8 Å². The molecule has 0 saturated heterocycles. The van der Waals surface area contributed by atoms with E-state index in [0.717, 1.165) is 16.7 Å². The number of primary amides is 1. The van der Waals surface area contributed by atoms with Crippen molar-refractivity contribution in [3.8, 4) is 0 Å². The first-order valence-electron chi connectivity index (χ1n) is 9.61. The third kappa shape index (κ3) is 5.93. The largest absolute Gasteiger partial charge is 0.392 e. The fraction of sp³-hybridized carbons (Fsp3) is 0.458. The van der Waals surface area contributed by atoms with Crippen LogP contribution in [0.5, 0.6) is 0 Å². The van der Waals surface area contributed by atoms with E-state index in [2.05, 4.69) is 59.7 Å². The Labute approximate surface area is 164 Å². The fourth-order valence-electron chi connectivity index (χ4n) is 3.42. The van der Waals surface area contributed by atoms with Crippen LogP contribution in [0.15, 0.2) is 24.3 Å². The molecule has 0 aromatic heterocycles. The molecule has 0 atom stereocenters. The molecule has 2 aromatic carbocycles. The molecular formula is C24H35NO2. The molecule has 1 amide bonds. The number of aliphatic hydroxyl groups excluding tert-OH is 1. The van der Waals surface area contributed by atoms with E-state index >= 15 is 0 Å². The molecule has 0 aliphatic rings. The number of aryl methyl sites for hydroxylation is 4. The minimum Gasteiger partial charge on any atom is -0.392 e. The van der Waals surface area contributed by atoms with Gasteiger partial charge in [-0.05, 0) is 84.5 Å². The third-order valence-electron chi connectivity index (χ3n) is 5.02. The molecular weight excluding hydrogens is 334 g/mol. The van der Waals surface area contributed by atoms with E-state index < -0.39 is 0 Å². The van der Waals surface area contributed by atoms with Crippen LogP contribution >= 0.6 is 0 Å². The van der Waals surface area contributed by atoms with Gasteiger partial charge in [0, 0.05) is 5.56 Å². The monoisotopic (exact) mass is 369 g/mol. The number of carbonyl (C=O) groups is 1. The van der Waals surface area contributed by atoms with Crippen molar-refractivity contribution in [3.63, 3.8) is 0 Å². The summed E-state index contributed by atoms with van der Waals surface area (Å²) in [7, 11) is 0. The van der Waals surface area contributed by atoms with Crippen LogP contribution in [0.4, 0.5) is 0 Å². The Kier molecular flexibility index (Phi) is 8.23. The molecule has 0 heterocycles. The van der Waals surface area contributed by atoms with Gasteiger partial charge in [-0.25, -0.2) is 0 Å². The fourth-order valence-corrected chi connectivity index (χ4v) is 3.42. The van der Waals surface area contributed by atoms with Gasteiger partial charge >= 0.3 is 0 Å². The van der Waals surface area contributed by atoms with Crippen LogP contribution in [0.2, 0.25) is 0 Å². The predicted molar refractivity (Wildman–Crippen MR) is 114 cm³/mol. The van der Waals surface area contributed by atoms with E-state index in [1.54, 1.807) is 0 Å². The maximum atomic E-state index is 11.1. The first-order valence-corrected chi connectivity index (χ1v) is 9.61. The second kappa shape index (κ2) is 9.70. The van der Waals surface area contributed by atoms with E-state index in [9.17, 15) is 4.79 Å². The van der Waals surface area contributed by atoms with Gasteiger partial charge in [-0.15, -0.1) is 0 Å². The van der Waals surface area contributed by atoms with Gasteiger partial charge in [0.25, 0.3) is 0 Å². The molecule has 148 valence electrons. The Bertz CT molecular complexity index is 805. The molecule has 0 aliphatic heterocycles. The van der Waals surface area contributed by atoms with Crippen molar-refractivity contribution >= 4 is 5.91 Å². The summed E-state index contributed by atoms with van der Waals surface area (Å²) in [6.45, 7) is 16.9. The molecule has 0 radical (unpaired) electrons. The van der Waals surface area contributed by atoms with Gasteiger partial charge in [-0.1, -0.05) is 45.9 Å². The lowest BCUT2D eigenvalue weighted by Gasteiger charge is -2.13. The van der Waals surface area contributed by atoms with Crippen molar-refractivity contribution in [2.24, 2.45) is 5.73 Å². The number of hydrogen-bond donors (Lipinski definition) is 2. The highest BCUT2D eigenvalue weighted by atomic mass is 16.3. The van der Waals surface area contributed by atoms with E-state index in [1.165, 1.54) is 22.3 Å². The average molecular weight is 370 g/mol. The molecule has 2 aromatic rings. The standard InChI is InChI=1S/C12H17NO.C12H18O/c1-7(2)10-5-9(4)11(12(13)14)6-8(10)3;1-8(2)12-6-9(3)11(7-13)5-10(12)4/h5-7H,1-4H3,(H2,13,14);5-6,8,13H,7H2,1-4H3. The van der Waals surface area contributed by atoms with Gasteiger partial charge in [-0.3, -0.25) is 4.79 Å². The van der Waals surface area contributed by atoms with Crippen LogP contribution in [0, 0.1) is 27.7 Å². The van der Waals surface area contributed by atoms with Gasteiger partial charge in [0.15, 0.2) is 0 Å². The zero-order valence-electron chi connectivity index (χ0n) is 18.1. The van der Waals surface area contributed by atoms with Gasteiger partial charge in [0.2, 0.25) is 5.91 Å². The van der Waals surface area contributed by atoms with Crippen LogP contribution in [0.3, 0.4) is 0 Å². The second-order valence-electron chi connectivity index (χ2n) is 7.99. The molecule has 0 bridgehead atoms. The lowest BCUT2D eigenvalue weighted by atomic mass is 9.93. The number of aliphatic hydroxyl groups is 1. The van der Waals surface area contributed by atoms with Crippen molar-refractivity contribution < 1.29 is 9.90 Å². The number of amides is 1. The molecule has 3 nitrogen and oxygen atoms in total. The van der Waals surface area contributed by atoms with Crippen LogP contribution in [0.1, 0.15) is 88.8 Å². The molecule has 0 fully saturated rings. The second-order valence-corrected chi connectivity index (χ2v) is 7.99. The lowest BCUT2D eigenvalue weighted by molar-refractivity contribution is 0.0999. The predicted octanol–water partition coefficient (Wildman–Crippen LogP) is 5.44. The molecule has 0 aliphatic carbocycles. The average Bonchev–Trinajstić information content (AvgIpc) is 2.58. The van der Waals surface area contributed by atoms with E-state index in [-0.39, 0.29) is 12.5 Å². The minimum absolute atomic E-state index is 0.144. The van der Waals surface area contributed by atoms with Gasteiger partial charge in [0.05, 0.1) is 6.61 Å². The van der Waals surface area contributed by atoms with Crippen LogP contribution in [-0.4, -0.2) is 11.0 Å². The number of rotatable bonds is 4. The molecule has 3 heteroatoms. The van der Waals surface area contributed by atoms with Crippen molar-refractivity contribution in [2.45, 2.75) is 73.8 Å². The van der Waals surface area contributed by atoms with Crippen LogP contribution < -0.4 is 5.73 Å². The van der Waals surface area contributed by atoms with Gasteiger partial charge in [-0.2, -0.15) is 0 Å². The van der Waals surface area contributed by atoms with Crippen molar-refractivity contribution in [3.05, 3.63) is 68.8 Å². The van der Waals surface area contributed by atoms with Gasteiger partial charge in [0.1, 0.15) is 0 Å². The normalized spacial score (nSPS) is 10.8. The molecule has 3 N–H and O–H groups in total. The maximum absolute atomic E-state index is 11.1. The highest BCUT2D eigenvalue weighted by Crippen LogP contribution is 2.23. The number of benzene rings is 2. The topological polar surface area (TPSA) is 63.3 Å². The smallest absolute Gasteiger partial charge is 0.248 e. The molecule has 0 spiro atoms. The highest BCUT2D eigenvalue weighted by molar-refractivity contribution is 5.94. The van der Waals surface area contributed by atoms with Crippen LogP contribution in [0.25, 0.3) is 0 Å². The zero-order chi connectivity index (χ0) is 20.9. The Hall–Kier alpha value is -2.13. The summed E-state index contributed by atoms with van der Waals surface area (Å²) >= 11 is 0. The molecule has 27 heavy (non-hydrogen) atoms. The zero-order valence-corrected chi connectivity index (χ0v) is 18.1. The summed E-state index contributed by atoms with van der Waals surface area (Å²) in [6.07, 6.45) is 0. The third-order valence-corrected chi connectivity index (χ3v) is 5.02. The van der Waals surface area contributed by atoms with Crippen LogP contribution in [-0.2, 0) is 6.61 Å². The summed E-state index contributed by atoms with van der Waals surface area (Å²) in [5, 5.41) is 9.07. The summed E-state index contributed by atoms with van der Waals surface area (Å²) in [4.78, 5) is 11.1. The Morgan fingerprint density at radius 3 is 1.67 bits per heavy atom. The van der Waals surface area contributed by atoms with Crippen molar-refractivity contribution in [1.29, 1.82) is 0 Å². The summed E-state index contributed by atoms with van der Waals surface area (Å²) in [5.41, 5.74) is 14.2. The van der Waals surface area contributed by atoms with Crippen molar-refractivity contribution in [1.82, 2.24) is 0 Å². The Balaban J connectivity index is 0.000000271. The van der Waals surface area contributed by atoms with Crippen molar-refractivity contribution in [2.75, 3.05) is 0 Å². The maximum Gasteiger partial charge on any atom is 0.248 e. The van der Waals surface area contributed by atoms with Gasteiger partial charge < -0.3 is 10.8 Å². The summed E-state index contributed by atoms with van der Waals surface area (Å²) < 4.78 is 0. The summed E-state index contributed by atoms with van der Waals surface area (Å²) in [5.74, 6) is 0.697. The summed E-state index contributed by atoms with van der Waals surface area (Å²) in [6, 6.07) is 8.21. The first kappa shape index (κ1) is 22.9. The highest BCUT2D eigenvalue weighted by Gasteiger charge is 2.10. The Morgan fingerprint density at radius 2 is 1.26 bits per heavy atom. The molecule has 0 unspecified atom stereocenters. The minimum atomic E-state index is -0.346. The van der Waals surface area contributed by atoms with E-state index in [1.807, 2.05) is 19.9 Å². The number of hydrogen-bond acceptors (Lipinski definition) is 2. The first-order chi connectivity index (χ1) is 12.5. The molecule has 2 rings (SSSR count). The quantitative estimate of drug-likeness (QED) is 0.753. The Morgan fingerprint density at radius 1 is 0.815 bits per heavy atom. The SMILES string of the molecule is Cc1cc(C(C)C)c(C)cc1C(N)=O.Cc1cc(C(C)C)c(C)cc1CO. The molecule has 0 saturated carbocycles. The number of nitrogens with two attached hydrogens (primary N) is 1. The lowest BCUT2D eigenvalue weighted by Crippen LogP contribution is -2.13. The number of carbonyl (C=O) groups excluding carboxylic acids is 1.